The molecule has 23 heteroatoms. The quantitative estimate of drug-likeness (QED) is 0.0299. The van der Waals surface area contributed by atoms with E-state index in [1.54, 1.807) is 6.08 Å². The monoisotopic (exact) mass is 947 g/mol. The number of hydrogen-bond donors (Lipinski definition) is 17. The van der Waals surface area contributed by atoms with Crippen LogP contribution >= 0.6 is 0 Å². The number of ether oxygens (including phenoxy) is 6. The maximum absolute atomic E-state index is 12.8. The summed E-state index contributed by atoms with van der Waals surface area (Å²) >= 11 is 0. The molecule has 4 saturated heterocycles. The van der Waals surface area contributed by atoms with Gasteiger partial charge in [-0.25, -0.2) is 0 Å². The van der Waals surface area contributed by atoms with Gasteiger partial charge in [-0.2, -0.15) is 0 Å². The second-order valence-corrected chi connectivity index (χ2v) is 17.8. The molecule has 382 valence electrons. The Kier molecular flexibility index (Phi) is 23.2. The lowest BCUT2D eigenvalue weighted by Gasteiger charge is -2.56. The first-order valence-electron chi connectivity index (χ1n) is 22.9. The van der Waals surface area contributed by atoms with Crippen LogP contribution in [-0.2, 0) is 28.4 Å². The van der Waals surface area contributed by atoms with Gasteiger partial charge in [-0.05, 0) is 12.8 Å². The molecule has 0 aromatic rings. The molecule has 0 radical (unpaired) electrons. The Labute approximate surface area is 378 Å². The molecular formula is C42H77NO22. The Morgan fingerprint density at radius 2 is 0.862 bits per heavy atom. The lowest BCUT2D eigenvalue weighted by molar-refractivity contribution is -0.371. The molecule has 4 aliphatic rings. The summed E-state index contributed by atoms with van der Waals surface area (Å²) in [7, 11) is 0. The summed E-state index contributed by atoms with van der Waals surface area (Å²) < 4.78 is 33.9. The molecule has 0 aromatic carbocycles. The van der Waals surface area contributed by atoms with Gasteiger partial charge in [-0.1, -0.05) is 83.3 Å². The number of nitrogens with two attached hydrogens (primary N) is 1. The van der Waals surface area contributed by atoms with Gasteiger partial charge in [-0.15, -0.1) is 0 Å². The molecule has 0 saturated carbocycles. The van der Waals surface area contributed by atoms with Crippen LogP contribution in [0.4, 0.5) is 0 Å². The summed E-state index contributed by atoms with van der Waals surface area (Å²) in [4.78, 5) is 0. The summed E-state index contributed by atoms with van der Waals surface area (Å²) in [6.45, 7) is -1.62. The lowest BCUT2D eigenvalue weighted by Crippen LogP contribution is -2.79. The zero-order chi connectivity index (χ0) is 48.2. The Balaban J connectivity index is 1.57. The molecule has 22 atom stereocenters. The van der Waals surface area contributed by atoms with Crippen molar-refractivity contribution in [3.8, 4) is 0 Å². The lowest BCUT2D eigenvalue weighted by atomic mass is 9.71. The SMILES string of the molecule is CCCCCCCCCCCCC/C=C/[C@@H](O)[C@@H](N)C(O)(C1O[C@H](CO)[C@@H](O[C@@H]2O[C@H](CO)[C@H](O)[C@H](O)[C@H]2O)[C@H](O)[C@H]1O)C1O[C@H](CO)[C@@H](O[C@@H]2O[C@H](CO)[C@H](O)[C@H](O)[C@H]2O)[C@H](O)[C@H]1O. The molecule has 0 aliphatic carbocycles. The van der Waals surface area contributed by atoms with Crippen molar-refractivity contribution >= 4 is 0 Å². The van der Waals surface area contributed by atoms with E-state index in [9.17, 15) is 81.7 Å². The first kappa shape index (κ1) is 56.4. The van der Waals surface area contributed by atoms with E-state index in [-0.39, 0.29) is 0 Å². The smallest absolute Gasteiger partial charge is 0.187 e. The van der Waals surface area contributed by atoms with E-state index in [2.05, 4.69) is 6.92 Å². The van der Waals surface area contributed by atoms with Crippen molar-refractivity contribution in [2.24, 2.45) is 5.73 Å². The third-order valence-corrected chi connectivity index (χ3v) is 13.1. The Morgan fingerprint density at radius 1 is 0.492 bits per heavy atom. The van der Waals surface area contributed by atoms with E-state index in [4.69, 9.17) is 34.2 Å². The fraction of sp³-hybridized carbons (Fsp3) is 0.952. The highest BCUT2D eigenvalue weighted by molar-refractivity contribution is 5.17. The van der Waals surface area contributed by atoms with Crippen molar-refractivity contribution in [3.05, 3.63) is 12.2 Å². The summed E-state index contributed by atoms with van der Waals surface area (Å²) in [5.41, 5.74) is 3.47. The second-order valence-electron chi connectivity index (χ2n) is 17.8. The van der Waals surface area contributed by atoms with Gasteiger partial charge in [0.1, 0.15) is 115 Å². The molecule has 0 bridgehead atoms. The van der Waals surface area contributed by atoms with Gasteiger partial charge >= 0.3 is 0 Å². The Hall–Kier alpha value is -1.18. The van der Waals surface area contributed by atoms with Gasteiger partial charge in [0.05, 0.1) is 38.6 Å². The first-order chi connectivity index (χ1) is 30.9. The molecule has 0 spiro atoms. The van der Waals surface area contributed by atoms with E-state index < -0.39 is 167 Å². The van der Waals surface area contributed by atoms with E-state index in [0.717, 1.165) is 32.1 Å². The molecule has 65 heavy (non-hydrogen) atoms. The summed E-state index contributed by atoms with van der Waals surface area (Å²) in [6.07, 6.45) is -25.3. The van der Waals surface area contributed by atoms with E-state index in [1.807, 2.05) is 0 Å². The van der Waals surface area contributed by atoms with Crippen molar-refractivity contribution < 1.29 is 110 Å². The number of aliphatic hydroxyl groups excluding tert-OH is 15. The average molecular weight is 948 g/mol. The van der Waals surface area contributed by atoms with Crippen molar-refractivity contribution in [1.29, 1.82) is 0 Å². The highest BCUT2D eigenvalue weighted by atomic mass is 16.7. The third-order valence-electron chi connectivity index (χ3n) is 13.1. The van der Waals surface area contributed by atoms with Crippen LogP contribution in [0.5, 0.6) is 0 Å². The number of allylic oxidation sites excluding steroid dienone is 1. The minimum absolute atomic E-state index is 0.481. The zero-order valence-electron chi connectivity index (χ0n) is 36.9. The van der Waals surface area contributed by atoms with E-state index >= 15 is 0 Å². The van der Waals surface area contributed by atoms with Crippen LogP contribution in [0.3, 0.4) is 0 Å². The van der Waals surface area contributed by atoms with Crippen LogP contribution in [0.25, 0.3) is 0 Å². The first-order valence-corrected chi connectivity index (χ1v) is 22.9. The topological polar surface area (TPSA) is 405 Å². The van der Waals surface area contributed by atoms with Gasteiger partial charge in [0.25, 0.3) is 0 Å². The molecule has 23 nitrogen and oxygen atoms in total. The minimum Gasteiger partial charge on any atom is -0.394 e. The molecule has 4 rings (SSSR count). The number of unbranched alkanes of at least 4 members (excludes halogenated alkanes) is 11. The molecule has 0 aromatic heterocycles. The maximum Gasteiger partial charge on any atom is 0.187 e. The highest BCUT2D eigenvalue weighted by Gasteiger charge is 2.65. The van der Waals surface area contributed by atoms with Crippen molar-refractivity contribution in [3.63, 3.8) is 0 Å². The van der Waals surface area contributed by atoms with Crippen molar-refractivity contribution in [2.45, 2.75) is 224 Å². The largest absolute Gasteiger partial charge is 0.394 e. The van der Waals surface area contributed by atoms with Crippen molar-refractivity contribution in [2.75, 3.05) is 26.4 Å². The van der Waals surface area contributed by atoms with Gasteiger partial charge in [0, 0.05) is 0 Å². The highest BCUT2D eigenvalue weighted by Crippen LogP contribution is 2.41. The van der Waals surface area contributed by atoms with Crippen LogP contribution in [-0.4, -0.2) is 248 Å². The number of rotatable bonds is 25. The van der Waals surface area contributed by atoms with E-state index in [1.165, 1.54) is 44.6 Å². The third kappa shape index (κ3) is 13.4. The molecule has 4 heterocycles. The summed E-state index contributed by atoms with van der Waals surface area (Å²) in [5, 5.41) is 173. The number of hydrogen-bond acceptors (Lipinski definition) is 23. The fourth-order valence-corrected chi connectivity index (χ4v) is 9.04. The van der Waals surface area contributed by atoms with Crippen molar-refractivity contribution in [1.82, 2.24) is 0 Å². The molecule has 18 N–H and O–H groups in total. The minimum atomic E-state index is -3.11. The normalized spacial score (nSPS) is 42.5. The van der Waals surface area contributed by atoms with Crippen LogP contribution in [0, 0.1) is 0 Å². The second kappa shape index (κ2) is 26.7. The van der Waals surface area contributed by atoms with E-state index in [0.29, 0.717) is 6.42 Å². The van der Waals surface area contributed by atoms with Gasteiger partial charge in [0.2, 0.25) is 0 Å². The predicted molar refractivity (Wildman–Crippen MR) is 222 cm³/mol. The Bertz CT molecular complexity index is 1290. The number of aliphatic hydroxyl groups is 16. The summed E-state index contributed by atoms with van der Waals surface area (Å²) in [6, 6.07) is -2.04. The average Bonchev–Trinajstić information content (AvgIpc) is 3.30. The van der Waals surface area contributed by atoms with Gasteiger partial charge in [-0.3, -0.25) is 0 Å². The maximum atomic E-state index is 12.8. The standard InChI is InChI=1S/C42H77NO22/c1-2-3-4-5-6-7-8-9-10-11-12-13-14-15-20(48)37(43)42(59,38-31(55)29(53)35(23(18-46)60-38)64-40-33(57)27(51)25(49)21(16-44)62-40)39-32(56)30(54)36(24(19-47)61-39)65-41-34(58)28(52)26(50)22(17-45)63-41/h14-15,20-41,44-59H,2-13,16-19,43H2,1H3/b15-14+/t20-,21-,22-,23-,24-,25+,26+,27+,28+,29-,30-,31-,32-,33-,34-,35-,36-,37-,38?,39?,40+,41+,42?/m1/s1. The molecule has 2 unspecified atom stereocenters. The van der Waals surface area contributed by atoms with Gasteiger partial charge in [0.15, 0.2) is 12.6 Å². The van der Waals surface area contributed by atoms with Crippen LogP contribution in [0.1, 0.15) is 84.0 Å². The van der Waals surface area contributed by atoms with Crippen LogP contribution < -0.4 is 5.73 Å². The predicted octanol–water partition coefficient (Wildman–Crippen LogP) is -6.00. The molecular weight excluding hydrogens is 870 g/mol. The van der Waals surface area contributed by atoms with Crippen LogP contribution in [0.2, 0.25) is 0 Å². The fourth-order valence-electron chi connectivity index (χ4n) is 9.04. The zero-order valence-corrected chi connectivity index (χ0v) is 36.9. The molecule has 4 fully saturated rings. The molecule has 0 amide bonds. The van der Waals surface area contributed by atoms with Crippen LogP contribution in [0.15, 0.2) is 12.2 Å². The molecule has 4 aliphatic heterocycles. The summed E-state index contributed by atoms with van der Waals surface area (Å²) in [5.74, 6) is 0. The Morgan fingerprint density at radius 3 is 1.23 bits per heavy atom. The van der Waals surface area contributed by atoms with Gasteiger partial charge < -0.3 is 116 Å².